The van der Waals surface area contributed by atoms with Gasteiger partial charge in [-0.2, -0.15) is 5.10 Å². The summed E-state index contributed by atoms with van der Waals surface area (Å²) < 4.78 is 49.2. The molecule has 37 heavy (non-hydrogen) atoms. The van der Waals surface area contributed by atoms with Crippen LogP contribution in [0.15, 0.2) is 70.7 Å². The molecule has 12 heteroatoms. The topological polar surface area (TPSA) is 116 Å². The summed E-state index contributed by atoms with van der Waals surface area (Å²) in [7, 11) is 1.66. The summed E-state index contributed by atoms with van der Waals surface area (Å²) >= 11 is 6.14. The molecular formula is C25H26ClN3O7S. The molecule has 196 valence electrons. The van der Waals surface area contributed by atoms with Crippen LogP contribution in [0.5, 0.6) is 23.0 Å². The minimum atomic E-state index is -4.17. The number of halogens is 1. The van der Waals surface area contributed by atoms with Gasteiger partial charge in [-0.05, 0) is 42.5 Å². The van der Waals surface area contributed by atoms with E-state index in [1.165, 1.54) is 58.9 Å². The summed E-state index contributed by atoms with van der Waals surface area (Å²) in [6, 6.07) is 15.5. The van der Waals surface area contributed by atoms with E-state index in [-0.39, 0.29) is 21.4 Å². The van der Waals surface area contributed by atoms with Gasteiger partial charge in [0.1, 0.15) is 12.3 Å². The number of anilines is 1. The Morgan fingerprint density at radius 3 is 2.11 bits per heavy atom. The molecule has 3 rings (SSSR count). The Kier molecular flexibility index (Phi) is 9.20. The SMILES string of the molecule is COc1ccc(Cl)cc1N(CC(=O)N/N=C\c1cc(OC)c(OC)c(OC)c1)S(=O)(=O)c1ccccc1. The largest absolute Gasteiger partial charge is 0.495 e. The van der Waals surface area contributed by atoms with Crippen molar-refractivity contribution in [3.63, 3.8) is 0 Å². The number of methoxy groups -OCH3 is 4. The normalized spacial score (nSPS) is 11.2. The van der Waals surface area contributed by atoms with Crippen LogP contribution in [0.3, 0.4) is 0 Å². The zero-order valence-electron chi connectivity index (χ0n) is 20.6. The summed E-state index contributed by atoms with van der Waals surface area (Å²) in [5.41, 5.74) is 2.99. The molecule has 3 aromatic rings. The molecule has 0 saturated heterocycles. The van der Waals surface area contributed by atoms with Gasteiger partial charge in [-0.25, -0.2) is 13.8 Å². The van der Waals surface area contributed by atoms with Crippen molar-refractivity contribution in [2.45, 2.75) is 4.90 Å². The highest BCUT2D eigenvalue weighted by Crippen LogP contribution is 2.38. The van der Waals surface area contributed by atoms with Crippen LogP contribution in [0, 0.1) is 0 Å². The number of nitrogens with one attached hydrogen (secondary N) is 1. The second-order valence-corrected chi connectivity index (χ2v) is 9.69. The van der Waals surface area contributed by atoms with Gasteiger partial charge in [0.2, 0.25) is 5.75 Å². The fraction of sp³-hybridized carbons (Fsp3) is 0.200. The van der Waals surface area contributed by atoms with E-state index in [4.69, 9.17) is 30.5 Å². The number of hydrogen-bond acceptors (Lipinski definition) is 8. The lowest BCUT2D eigenvalue weighted by atomic mass is 10.2. The summed E-state index contributed by atoms with van der Waals surface area (Å²) in [5, 5.41) is 4.22. The van der Waals surface area contributed by atoms with Crippen LogP contribution in [0.25, 0.3) is 0 Å². The summed E-state index contributed by atoms with van der Waals surface area (Å²) in [6.07, 6.45) is 1.36. The molecule has 0 fully saturated rings. The number of carbonyl (C=O) groups is 1. The quantitative estimate of drug-likeness (QED) is 0.287. The first kappa shape index (κ1) is 27.6. The van der Waals surface area contributed by atoms with Crippen molar-refractivity contribution in [2.24, 2.45) is 5.10 Å². The predicted molar refractivity (Wildman–Crippen MR) is 141 cm³/mol. The molecule has 3 aromatic carbocycles. The van der Waals surface area contributed by atoms with E-state index in [0.29, 0.717) is 22.8 Å². The minimum absolute atomic E-state index is 0.00856. The van der Waals surface area contributed by atoms with Crippen molar-refractivity contribution in [1.82, 2.24) is 5.43 Å². The third-order valence-electron chi connectivity index (χ3n) is 5.12. The predicted octanol–water partition coefficient (Wildman–Crippen LogP) is 3.72. The molecule has 1 amide bonds. The molecule has 10 nitrogen and oxygen atoms in total. The molecule has 0 aliphatic heterocycles. The van der Waals surface area contributed by atoms with Gasteiger partial charge in [0, 0.05) is 10.6 Å². The molecule has 0 aliphatic carbocycles. The van der Waals surface area contributed by atoms with Crippen molar-refractivity contribution in [1.29, 1.82) is 0 Å². The van der Waals surface area contributed by atoms with Gasteiger partial charge in [0.05, 0.1) is 45.2 Å². The lowest BCUT2D eigenvalue weighted by Crippen LogP contribution is -2.39. The molecule has 0 saturated carbocycles. The zero-order valence-corrected chi connectivity index (χ0v) is 22.2. The second kappa shape index (κ2) is 12.3. The van der Waals surface area contributed by atoms with Crippen molar-refractivity contribution < 1.29 is 32.2 Å². The van der Waals surface area contributed by atoms with Gasteiger partial charge in [-0.15, -0.1) is 0 Å². The van der Waals surface area contributed by atoms with E-state index in [2.05, 4.69) is 10.5 Å². The summed E-state index contributed by atoms with van der Waals surface area (Å²) in [4.78, 5) is 12.8. The van der Waals surface area contributed by atoms with Gasteiger partial charge < -0.3 is 18.9 Å². The van der Waals surface area contributed by atoms with Crippen molar-refractivity contribution in [3.8, 4) is 23.0 Å². The van der Waals surface area contributed by atoms with Gasteiger partial charge in [0.25, 0.3) is 15.9 Å². The number of hydrogen-bond donors (Lipinski definition) is 1. The summed E-state index contributed by atoms with van der Waals surface area (Å²) in [5.74, 6) is 0.733. The second-order valence-electron chi connectivity index (χ2n) is 7.39. The third kappa shape index (κ3) is 6.43. The van der Waals surface area contributed by atoms with Crippen molar-refractivity contribution in [2.75, 3.05) is 39.3 Å². The fourth-order valence-electron chi connectivity index (χ4n) is 3.40. The van der Waals surface area contributed by atoms with Gasteiger partial charge in [0.15, 0.2) is 11.5 Å². The van der Waals surface area contributed by atoms with E-state index in [1.807, 2.05) is 0 Å². The highest BCUT2D eigenvalue weighted by molar-refractivity contribution is 7.92. The van der Waals surface area contributed by atoms with Crippen LogP contribution < -0.4 is 28.7 Å². The third-order valence-corrected chi connectivity index (χ3v) is 7.13. The fourth-order valence-corrected chi connectivity index (χ4v) is 5.01. The van der Waals surface area contributed by atoms with Crippen LogP contribution in [0.4, 0.5) is 5.69 Å². The number of benzene rings is 3. The van der Waals surface area contributed by atoms with E-state index >= 15 is 0 Å². The van der Waals surface area contributed by atoms with Crippen LogP contribution in [-0.4, -0.2) is 55.5 Å². The van der Waals surface area contributed by atoms with E-state index in [9.17, 15) is 13.2 Å². The molecular weight excluding hydrogens is 522 g/mol. The Bertz CT molecular complexity index is 1360. The smallest absolute Gasteiger partial charge is 0.264 e. The van der Waals surface area contributed by atoms with Crippen LogP contribution >= 0.6 is 11.6 Å². The van der Waals surface area contributed by atoms with Gasteiger partial charge in [-0.3, -0.25) is 9.10 Å². The van der Waals surface area contributed by atoms with Gasteiger partial charge >= 0.3 is 0 Å². The molecule has 0 bridgehead atoms. The molecule has 0 aliphatic rings. The number of ether oxygens (including phenoxy) is 4. The molecule has 0 radical (unpaired) electrons. The Morgan fingerprint density at radius 1 is 0.919 bits per heavy atom. The molecule has 0 unspecified atom stereocenters. The molecule has 0 heterocycles. The maximum Gasteiger partial charge on any atom is 0.264 e. The Morgan fingerprint density at radius 2 is 1.54 bits per heavy atom. The maximum absolute atomic E-state index is 13.5. The average Bonchev–Trinajstić information content (AvgIpc) is 2.91. The number of amides is 1. The lowest BCUT2D eigenvalue weighted by molar-refractivity contribution is -0.119. The molecule has 0 spiro atoms. The Balaban J connectivity index is 1.90. The molecule has 1 N–H and O–H groups in total. The highest BCUT2D eigenvalue weighted by atomic mass is 35.5. The number of nitrogens with zero attached hydrogens (tertiary/aromatic N) is 2. The number of rotatable bonds is 11. The van der Waals surface area contributed by atoms with Gasteiger partial charge in [-0.1, -0.05) is 29.8 Å². The van der Waals surface area contributed by atoms with Crippen LogP contribution in [-0.2, 0) is 14.8 Å². The molecule has 0 aromatic heterocycles. The number of hydrazone groups is 1. The van der Waals surface area contributed by atoms with E-state index in [1.54, 1.807) is 36.4 Å². The average molecular weight is 548 g/mol. The zero-order chi connectivity index (χ0) is 27.0. The monoisotopic (exact) mass is 547 g/mol. The van der Waals surface area contributed by atoms with Crippen molar-refractivity contribution >= 4 is 39.4 Å². The summed E-state index contributed by atoms with van der Waals surface area (Å²) in [6.45, 7) is -0.597. The Labute approximate surface area is 220 Å². The first-order valence-electron chi connectivity index (χ1n) is 10.8. The van der Waals surface area contributed by atoms with E-state index in [0.717, 1.165) is 4.31 Å². The van der Waals surface area contributed by atoms with Crippen LogP contribution in [0.1, 0.15) is 5.56 Å². The first-order valence-corrected chi connectivity index (χ1v) is 12.6. The van der Waals surface area contributed by atoms with Crippen molar-refractivity contribution in [3.05, 3.63) is 71.2 Å². The Hall–Kier alpha value is -3.96. The first-order chi connectivity index (χ1) is 17.7. The highest BCUT2D eigenvalue weighted by Gasteiger charge is 2.29. The van der Waals surface area contributed by atoms with E-state index < -0.39 is 22.5 Å². The number of sulfonamides is 1. The molecule has 0 atom stereocenters. The maximum atomic E-state index is 13.5. The number of carbonyl (C=O) groups excluding carboxylic acids is 1. The minimum Gasteiger partial charge on any atom is -0.495 e. The van der Waals surface area contributed by atoms with Crippen LogP contribution in [0.2, 0.25) is 5.02 Å². The standard InChI is InChI=1S/C25H26ClN3O7S/c1-33-21-11-10-18(26)14-20(21)29(37(31,32)19-8-6-5-7-9-19)16-24(30)28-27-15-17-12-22(34-2)25(36-4)23(13-17)35-3/h5-15H,16H2,1-4H3,(H,28,30)/b27-15-. The lowest BCUT2D eigenvalue weighted by Gasteiger charge is -2.25.